The van der Waals surface area contributed by atoms with E-state index in [1.807, 2.05) is 0 Å². The van der Waals surface area contributed by atoms with Crippen molar-refractivity contribution >= 4 is 10.9 Å². The van der Waals surface area contributed by atoms with Gasteiger partial charge in [-0.25, -0.2) is 0 Å². The fourth-order valence-electron chi connectivity index (χ4n) is 1.40. The van der Waals surface area contributed by atoms with Gasteiger partial charge in [0, 0.05) is 17.3 Å². The molecule has 0 radical (unpaired) electrons. The van der Waals surface area contributed by atoms with Crippen LogP contribution in [0.3, 0.4) is 0 Å². The molecule has 0 atom stereocenters. The second-order valence-electron chi connectivity index (χ2n) is 3.19. The molecule has 1 aromatic heterocycles. The standard InChI is InChI=1S/C10H10F2N2/c11-10(12,6-13)8-1-2-9-7(5-8)3-4-14-9/h1-5,14H,6,13H2. The van der Waals surface area contributed by atoms with Gasteiger partial charge in [0.1, 0.15) is 0 Å². The van der Waals surface area contributed by atoms with Crippen molar-refractivity contribution in [3.8, 4) is 0 Å². The summed E-state index contributed by atoms with van der Waals surface area (Å²) in [5.41, 5.74) is 5.81. The van der Waals surface area contributed by atoms with Crippen LogP contribution in [-0.4, -0.2) is 11.5 Å². The van der Waals surface area contributed by atoms with Crippen molar-refractivity contribution in [1.82, 2.24) is 4.98 Å². The van der Waals surface area contributed by atoms with Gasteiger partial charge in [-0.2, -0.15) is 8.78 Å². The van der Waals surface area contributed by atoms with Crippen molar-refractivity contribution in [2.45, 2.75) is 5.92 Å². The Labute approximate surface area is 79.7 Å². The molecule has 0 aliphatic rings. The molecule has 4 heteroatoms. The third-order valence-corrected chi connectivity index (χ3v) is 2.23. The highest BCUT2D eigenvalue weighted by molar-refractivity contribution is 5.80. The number of alkyl halides is 2. The van der Waals surface area contributed by atoms with E-state index >= 15 is 0 Å². The highest BCUT2D eigenvalue weighted by Crippen LogP contribution is 2.28. The Balaban J connectivity index is 2.53. The maximum absolute atomic E-state index is 13.2. The number of hydrogen-bond acceptors (Lipinski definition) is 1. The van der Waals surface area contributed by atoms with Gasteiger partial charge < -0.3 is 10.7 Å². The molecule has 0 aliphatic carbocycles. The molecule has 0 aliphatic heterocycles. The van der Waals surface area contributed by atoms with Gasteiger partial charge in [-0.3, -0.25) is 0 Å². The maximum Gasteiger partial charge on any atom is 0.285 e. The van der Waals surface area contributed by atoms with Crippen LogP contribution in [0.4, 0.5) is 8.78 Å². The molecule has 0 saturated carbocycles. The number of hydrogen-bond donors (Lipinski definition) is 2. The molecular weight excluding hydrogens is 186 g/mol. The Hall–Kier alpha value is -1.42. The van der Waals surface area contributed by atoms with Crippen LogP contribution in [0.5, 0.6) is 0 Å². The summed E-state index contributed by atoms with van der Waals surface area (Å²) >= 11 is 0. The molecule has 0 amide bonds. The molecule has 0 fully saturated rings. The third-order valence-electron chi connectivity index (χ3n) is 2.23. The van der Waals surface area contributed by atoms with Crippen LogP contribution in [0, 0.1) is 0 Å². The van der Waals surface area contributed by atoms with E-state index in [-0.39, 0.29) is 5.56 Å². The molecule has 74 valence electrons. The number of nitrogens with one attached hydrogen (secondary N) is 1. The molecule has 0 bridgehead atoms. The van der Waals surface area contributed by atoms with Crippen LogP contribution in [0.25, 0.3) is 10.9 Å². The van der Waals surface area contributed by atoms with Crippen molar-refractivity contribution in [2.75, 3.05) is 6.54 Å². The molecule has 2 aromatic rings. The average Bonchev–Trinajstić information content (AvgIpc) is 2.64. The number of aromatic nitrogens is 1. The summed E-state index contributed by atoms with van der Waals surface area (Å²) in [6, 6.07) is 6.24. The zero-order valence-electron chi connectivity index (χ0n) is 7.43. The second kappa shape index (κ2) is 3.06. The van der Waals surface area contributed by atoms with Crippen LogP contribution in [0.2, 0.25) is 0 Å². The Morgan fingerprint density at radius 2 is 2.07 bits per heavy atom. The fraction of sp³-hybridized carbons (Fsp3) is 0.200. The number of benzene rings is 1. The first-order chi connectivity index (χ1) is 6.63. The molecule has 0 unspecified atom stereocenters. The number of fused-ring (bicyclic) bond motifs is 1. The Morgan fingerprint density at radius 3 is 2.79 bits per heavy atom. The van der Waals surface area contributed by atoms with E-state index in [4.69, 9.17) is 5.73 Å². The highest BCUT2D eigenvalue weighted by Gasteiger charge is 2.29. The van der Waals surface area contributed by atoms with Crippen molar-refractivity contribution in [3.05, 3.63) is 36.0 Å². The van der Waals surface area contributed by atoms with Gasteiger partial charge in [0.25, 0.3) is 5.92 Å². The summed E-state index contributed by atoms with van der Waals surface area (Å²) in [5.74, 6) is -2.94. The summed E-state index contributed by atoms with van der Waals surface area (Å²) in [6.45, 7) is -0.664. The number of halogens is 2. The number of H-pyrrole nitrogens is 1. The molecule has 2 nitrogen and oxygen atoms in total. The van der Waals surface area contributed by atoms with Crippen LogP contribution in [0.15, 0.2) is 30.5 Å². The second-order valence-corrected chi connectivity index (χ2v) is 3.19. The molecule has 1 aromatic carbocycles. The fourth-order valence-corrected chi connectivity index (χ4v) is 1.40. The predicted octanol–water partition coefficient (Wildman–Crippen LogP) is 2.22. The highest BCUT2D eigenvalue weighted by atomic mass is 19.3. The Morgan fingerprint density at radius 1 is 1.29 bits per heavy atom. The average molecular weight is 196 g/mol. The zero-order chi connectivity index (χ0) is 10.2. The summed E-state index contributed by atoms with van der Waals surface area (Å²) in [7, 11) is 0. The van der Waals surface area contributed by atoms with Crippen molar-refractivity contribution in [3.63, 3.8) is 0 Å². The molecule has 14 heavy (non-hydrogen) atoms. The topological polar surface area (TPSA) is 41.8 Å². The van der Waals surface area contributed by atoms with E-state index in [1.54, 1.807) is 18.3 Å². The largest absolute Gasteiger partial charge is 0.361 e. The predicted molar refractivity (Wildman–Crippen MR) is 51.2 cm³/mol. The molecule has 3 N–H and O–H groups in total. The maximum atomic E-state index is 13.2. The van der Waals surface area contributed by atoms with Crippen molar-refractivity contribution in [1.29, 1.82) is 0 Å². The van der Waals surface area contributed by atoms with Gasteiger partial charge in [-0.1, -0.05) is 6.07 Å². The Bertz CT molecular complexity index is 448. The lowest BCUT2D eigenvalue weighted by atomic mass is 10.1. The summed E-state index contributed by atoms with van der Waals surface area (Å²) < 4.78 is 26.4. The zero-order valence-corrected chi connectivity index (χ0v) is 7.43. The van der Waals surface area contributed by atoms with Crippen molar-refractivity contribution < 1.29 is 8.78 Å². The van der Waals surface area contributed by atoms with E-state index in [0.29, 0.717) is 0 Å². The van der Waals surface area contributed by atoms with Gasteiger partial charge in [-0.15, -0.1) is 0 Å². The van der Waals surface area contributed by atoms with Gasteiger partial charge in [0.15, 0.2) is 0 Å². The van der Waals surface area contributed by atoms with E-state index in [9.17, 15) is 8.78 Å². The molecule has 2 rings (SSSR count). The first-order valence-electron chi connectivity index (χ1n) is 4.29. The minimum absolute atomic E-state index is 0.0351. The third kappa shape index (κ3) is 1.37. The molecule has 0 saturated heterocycles. The summed E-state index contributed by atoms with van der Waals surface area (Å²) in [4.78, 5) is 2.94. The normalized spacial score (nSPS) is 12.2. The van der Waals surface area contributed by atoms with Crippen LogP contribution < -0.4 is 5.73 Å². The number of aromatic amines is 1. The monoisotopic (exact) mass is 196 g/mol. The first-order valence-corrected chi connectivity index (χ1v) is 4.29. The number of rotatable bonds is 2. The van der Waals surface area contributed by atoms with Gasteiger partial charge in [-0.05, 0) is 23.6 Å². The lowest BCUT2D eigenvalue weighted by Crippen LogP contribution is -2.24. The first kappa shape index (κ1) is 9.15. The van der Waals surface area contributed by atoms with E-state index in [2.05, 4.69) is 4.98 Å². The smallest absolute Gasteiger partial charge is 0.285 e. The SMILES string of the molecule is NCC(F)(F)c1ccc2[nH]ccc2c1. The molecule has 0 spiro atoms. The number of nitrogens with two attached hydrogens (primary N) is 1. The lowest BCUT2D eigenvalue weighted by Gasteiger charge is -2.13. The van der Waals surface area contributed by atoms with Crippen molar-refractivity contribution in [2.24, 2.45) is 5.73 Å². The summed E-state index contributed by atoms with van der Waals surface area (Å²) in [5, 5.41) is 0.774. The molecular formula is C10H10F2N2. The Kier molecular flexibility index (Phi) is 2.00. The van der Waals surface area contributed by atoms with E-state index in [0.717, 1.165) is 10.9 Å². The van der Waals surface area contributed by atoms with Crippen LogP contribution in [0.1, 0.15) is 5.56 Å². The van der Waals surface area contributed by atoms with Crippen LogP contribution >= 0.6 is 0 Å². The van der Waals surface area contributed by atoms with E-state index in [1.165, 1.54) is 12.1 Å². The minimum atomic E-state index is -2.94. The molecule has 1 heterocycles. The lowest BCUT2D eigenvalue weighted by molar-refractivity contribution is 0.00609. The van der Waals surface area contributed by atoms with Crippen LogP contribution in [-0.2, 0) is 5.92 Å². The van der Waals surface area contributed by atoms with Gasteiger partial charge in [0.2, 0.25) is 0 Å². The minimum Gasteiger partial charge on any atom is -0.361 e. The van der Waals surface area contributed by atoms with E-state index < -0.39 is 12.5 Å². The van der Waals surface area contributed by atoms with Gasteiger partial charge >= 0.3 is 0 Å². The summed E-state index contributed by atoms with van der Waals surface area (Å²) in [6.07, 6.45) is 1.72. The van der Waals surface area contributed by atoms with Gasteiger partial charge in [0.05, 0.1) is 6.54 Å². The quantitative estimate of drug-likeness (QED) is 0.759.